The molecule has 0 bridgehead atoms. The van der Waals surface area contributed by atoms with Crippen molar-refractivity contribution < 1.29 is 0 Å². The lowest BCUT2D eigenvalue weighted by Crippen LogP contribution is -1.88. The first-order chi connectivity index (χ1) is 14.4. The van der Waals surface area contributed by atoms with E-state index < -0.39 is 0 Å². The average Bonchev–Trinajstić information content (AvgIpc) is 3.52. The number of aromatic amines is 2. The highest BCUT2D eigenvalue weighted by atomic mass is 32.1. The molecule has 0 amide bonds. The molecular formula is C20H12N8S. The Kier molecular flexibility index (Phi) is 3.47. The fourth-order valence-electron chi connectivity index (χ4n) is 3.30. The van der Waals surface area contributed by atoms with Crippen molar-refractivity contribution in [1.29, 1.82) is 0 Å². The van der Waals surface area contributed by atoms with E-state index in [4.69, 9.17) is 9.97 Å². The lowest BCUT2D eigenvalue weighted by Gasteiger charge is -1.99. The second kappa shape index (κ2) is 6.28. The number of nitrogens with one attached hydrogen (secondary N) is 2. The molecule has 0 saturated carbocycles. The van der Waals surface area contributed by atoms with Gasteiger partial charge in [-0.05, 0) is 29.6 Å². The molecule has 0 aliphatic rings. The molecular weight excluding hydrogens is 384 g/mol. The van der Waals surface area contributed by atoms with Crippen LogP contribution in [0.2, 0.25) is 0 Å². The highest BCUT2D eigenvalue weighted by molar-refractivity contribution is 7.13. The third-order valence-electron chi connectivity index (χ3n) is 4.64. The van der Waals surface area contributed by atoms with Gasteiger partial charge >= 0.3 is 0 Å². The Balaban J connectivity index is 1.53. The molecule has 6 aromatic rings. The van der Waals surface area contributed by atoms with E-state index >= 15 is 0 Å². The van der Waals surface area contributed by atoms with E-state index in [9.17, 15) is 0 Å². The molecule has 6 aromatic heterocycles. The molecule has 0 aliphatic heterocycles. The van der Waals surface area contributed by atoms with Crippen molar-refractivity contribution in [3.8, 4) is 33.3 Å². The van der Waals surface area contributed by atoms with Crippen LogP contribution in [0, 0.1) is 0 Å². The van der Waals surface area contributed by atoms with Gasteiger partial charge in [0.15, 0.2) is 11.5 Å². The predicted molar refractivity (Wildman–Crippen MR) is 111 cm³/mol. The Hall–Kier alpha value is -3.98. The topological polar surface area (TPSA) is 109 Å². The zero-order valence-corrected chi connectivity index (χ0v) is 15.7. The molecule has 0 aliphatic carbocycles. The Morgan fingerprint density at radius 1 is 0.862 bits per heavy atom. The van der Waals surface area contributed by atoms with Gasteiger partial charge in [-0.2, -0.15) is 5.10 Å². The molecule has 0 unspecified atom stereocenters. The Bertz CT molecular complexity index is 1450. The number of thiophene rings is 1. The second-order valence-electron chi connectivity index (χ2n) is 6.41. The van der Waals surface area contributed by atoms with Crippen molar-refractivity contribution >= 4 is 33.4 Å². The van der Waals surface area contributed by atoms with Crippen LogP contribution in [0.15, 0.2) is 60.6 Å². The maximum Gasteiger partial charge on any atom is 0.161 e. The van der Waals surface area contributed by atoms with Crippen molar-refractivity contribution in [3.05, 3.63) is 60.6 Å². The first-order valence-electron chi connectivity index (χ1n) is 8.86. The van der Waals surface area contributed by atoms with Crippen molar-refractivity contribution in [2.45, 2.75) is 0 Å². The number of rotatable bonds is 3. The fraction of sp³-hybridized carbons (Fsp3) is 0. The Morgan fingerprint density at radius 2 is 1.76 bits per heavy atom. The summed E-state index contributed by atoms with van der Waals surface area (Å²) in [4.78, 5) is 26.7. The summed E-state index contributed by atoms with van der Waals surface area (Å²) >= 11 is 1.64. The normalized spacial score (nSPS) is 11.4. The standard InChI is InChI=1S/C20H12N8S/c1-2-15(29-7-1)18-16-13(5-6-23-18)25-20(26-16)19-17-14(27-28-19)4-3-12(24-17)11-8-21-10-22-9-11/h1-10H,(H,25,26)(H,27,28). The molecule has 6 heterocycles. The summed E-state index contributed by atoms with van der Waals surface area (Å²) in [7, 11) is 0. The van der Waals surface area contributed by atoms with E-state index in [1.54, 1.807) is 29.9 Å². The largest absolute Gasteiger partial charge is 0.336 e. The summed E-state index contributed by atoms with van der Waals surface area (Å²) < 4.78 is 0. The van der Waals surface area contributed by atoms with Crippen LogP contribution >= 0.6 is 11.3 Å². The molecule has 138 valence electrons. The van der Waals surface area contributed by atoms with Gasteiger partial charge < -0.3 is 4.98 Å². The minimum Gasteiger partial charge on any atom is -0.336 e. The van der Waals surface area contributed by atoms with E-state index in [1.165, 1.54) is 6.33 Å². The van der Waals surface area contributed by atoms with Gasteiger partial charge in [0.1, 0.15) is 23.1 Å². The maximum absolute atomic E-state index is 4.81. The number of pyridine rings is 2. The monoisotopic (exact) mass is 396 g/mol. The highest BCUT2D eigenvalue weighted by Gasteiger charge is 2.17. The van der Waals surface area contributed by atoms with Gasteiger partial charge in [0.05, 0.1) is 21.6 Å². The summed E-state index contributed by atoms with van der Waals surface area (Å²) in [5.74, 6) is 0.644. The fourth-order valence-corrected chi connectivity index (χ4v) is 4.02. The third kappa shape index (κ3) is 2.59. The predicted octanol–water partition coefficient (Wildman–Crippen LogP) is 4.08. The van der Waals surface area contributed by atoms with Gasteiger partial charge in [-0.25, -0.2) is 19.9 Å². The summed E-state index contributed by atoms with van der Waals surface area (Å²) in [6, 6.07) is 9.83. The Morgan fingerprint density at radius 3 is 2.62 bits per heavy atom. The molecule has 2 N–H and O–H groups in total. The van der Waals surface area contributed by atoms with Crippen LogP contribution in [0.3, 0.4) is 0 Å². The highest BCUT2D eigenvalue weighted by Crippen LogP contribution is 2.32. The van der Waals surface area contributed by atoms with E-state index in [0.29, 0.717) is 11.5 Å². The van der Waals surface area contributed by atoms with Crippen LogP contribution < -0.4 is 0 Å². The zero-order chi connectivity index (χ0) is 19.2. The summed E-state index contributed by atoms with van der Waals surface area (Å²) in [5, 5.41) is 9.52. The number of imidazole rings is 1. The van der Waals surface area contributed by atoms with Crippen LogP contribution in [0.25, 0.3) is 55.4 Å². The summed E-state index contributed by atoms with van der Waals surface area (Å²) in [6.07, 6.45) is 6.76. The number of hydrogen-bond acceptors (Lipinski definition) is 7. The molecule has 0 aromatic carbocycles. The lowest BCUT2D eigenvalue weighted by atomic mass is 10.2. The third-order valence-corrected chi connectivity index (χ3v) is 5.52. The zero-order valence-electron chi connectivity index (χ0n) is 14.9. The number of H-pyrrole nitrogens is 2. The van der Waals surface area contributed by atoms with Gasteiger partial charge in [-0.1, -0.05) is 6.07 Å². The lowest BCUT2D eigenvalue weighted by molar-refractivity contribution is 1.10. The molecule has 0 saturated heterocycles. The van der Waals surface area contributed by atoms with E-state index in [1.807, 2.05) is 35.7 Å². The molecule has 0 fully saturated rings. The maximum atomic E-state index is 4.81. The molecule has 0 spiro atoms. The second-order valence-corrected chi connectivity index (χ2v) is 7.36. The van der Waals surface area contributed by atoms with Gasteiger partial charge in [0.2, 0.25) is 0 Å². The van der Waals surface area contributed by atoms with Crippen LogP contribution in [0.4, 0.5) is 0 Å². The van der Waals surface area contributed by atoms with Crippen molar-refractivity contribution in [2.24, 2.45) is 0 Å². The molecule has 29 heavy (non-hydrogen) atoms. The number of hydrogen-bond donors (Lipinski definition) is 2. The molecule has 6 rings (SSSR count). The number of nitrogens with zero attached hydrogens (tertiary/aromatic N) is 6. The summed E-state index contributed by atoms with van der Waals surface area (Å²) in [5.41, 5.74) is 6.42. The number of fused-ring (bicyclic) bond motifs is 2. The molecule has 8 nitrogen and oxygen atoms in total. The minimum atomic E-state index is 0.644. The molecule has 0 radical (unpaired) electrons. The van der Waals surface area contributed by atoms with Crippen LogP contribution in [0.5, 0.6) is 0 Å². The van der Waals surface area contributed by atoms with Crippen molar-refractivity contribution in [3.63, 3.8) is 0 Å². The first-order valence-corrected chi connectivity index (χ1v) is 9.74. The molecule has 9 heteroatoms. The Labute approximate surface area is 167 Å². The van der Waals surface area contributed by atoms with Gasteiger partial charge in [-0.3, -0.25) is 10.1 Å². The smallest absolute Gasteiger partial charge is 0.161 e. The minimum absolute atomic E-state index is 0.644. The van der Waals surface area contributed by atoms with Crippen LogP contribution in [-0.2, 0) is 0 Å². The molecule has 0 atom stereocenters. The van der Waals surface area contributed by atoms with Crippen LogP contribution in [0.1, 0.15) is 0 Å². The van der Waals surface area contributed by atoms with E-state index in [0.717, 1.165) is 43.9 Å². The first kappa shape index (κ1) is 16.0. The van der Waals surface area contributed by atoms with Crippen molar-refractivity contribution in [2.75, 3.05) is 0 Å². The number of aromatic nitrogens is 8. The van der Waals surface area contributed by atoms with Crippen molar-refractivity contribution in [1.82, 2.24) is 40.1 Å². The quantitative estimate of drug-likeness (QED) is 0.466. The van der Waals surface area contributed by atoms with Gasteiger partial charge in [-0.15, -0.1) is 11.3 Å². The van der Waals surface area contributed by atoms with Gasteiger partial charge in [0.25, 0.3) is 0 Å². The van der Waals surface area contributed by atoms with Gasteiger partial charge in [0, 0.05) is 24.2 Å². The SMILES string of the molecule is c1csc(-c2nccc3[nH]c(-c4n[nH]c5ccc(-c6cncnc6)nc45)nc23)c1. The average molecular weight is 396 g/mol. The van der Waals surface area contributed by atoms with E-state index in [-0.39, 0.29) is 0 Å². The summed E-state index contributed by atoms with van der Waals surface area (Å²) in [6.45, 7) is 0. The van der Waals surface area contributed by atoms with E-state index in [2.05, 4.69) is 30.1 Å². The van der Waals surface area contributed by atoms with Crippen LogP contribution in [-0.4, -0.2) is 40.1 Å².